The van der Waals surface area contributed by atoms with E-state index in [0.717, 1.165) is 31.0 Å². The molecule has 1 aromatic carbocycles. The van der Waals surface area contributed by atoms with Crippen molar-refractivity contribution >= 4 is 17.3 Å². The lowest BCUT2D eigenvalue weighted by Crippen LogP contribution is -2.58. The second-order valence-electron chi connectivity index (χ2n) is 11.5. The first-order valence-electron chi connectivity index (χ1n) is 14.4. The van der Waals surface area contributed by atoms with Gasteiger partial charge in [-0.15, -0.1) is 0 Å². The van der Waals surface area contributed by atoms with Crippen LogP contribution in [0.2, 0.25) is 0 Å². The first-order valence-corrected chi connectivity index (χ1v) is 14.4. The smallest absolute Gasteiger partial charge is 0.418 e. The predicted octanol–water partition coefficient (Wildman–Crippen LogP) is 4.62. The van der Waals surface area contributed by atoms with Gasteiger partial charge in [0.25, 0.3) is 0 Å². The van der Waals surface area contributed by atoms with Crippen LogP contribution in [-0.2, 0) is 23.9 Å². The first kappa shape index (κ1) is 29.7. The number of carbonyl (C=O) groups is 1. The minimum Gasteiger partial charge on any atom is -0.475 e. The Balaban J connectivity index is 1.55. The molecule has 8 nitrogen and oxygen atoms in total. The number of rotatable bonds is 6. The second-order valence-corrected chi connectivity index (χ2v) is 11.5. The molecule has 1 aromatic heterocycles. The number of benzene rings is 1. The lowest BCUT2D eigenvalue weighted by Gasteiger charge is -2.46. The maximum Gasteiger partial charge on any atom is 0.418 e. The van der Waals surface area contributed by atoms with E-state index in [0.29, 0.717) is 49.6 Å². The first-order chi connectivity index (χ1) is 20.0. The van der Waals surface area contributed by atoms with Gasteiger partial charge in [0.1, 0.15) is 18.2 Å². The topological polar surface area (TPSA) is 75.9 Å². The Morgan fingerprint density at radius 2 is 1.90 bits per heavy atom. The van der Waals surface area contributed by atoms with Crippen LogP contribution in [0.1, 0.15) is 49.1 Å². The van der Waals surface area contributed by atoms with Crippen molar-refractivity contribution in [1.29, 1.82) is 5.26 Å². The Morgan fingerprint density at radius 3 is 2.52 bits per heavy atom. The van der Waals surface area contributed by atoms with Crippen molar-refractivity contribution in [2.45, 2.75) is 64.0 Å². The molecular weight excluding hydrogens is 545 g/mol. The molecule has 1 amide bonds. The number of carbonyl (C=O) groups excluding carboxylic acids is 1. The SMILES string of the molecule is C=CC(=O)N1[C@H](C)CN(c2c(C#N)c(OCC3CCCN3C)nc3c2CCN(c2ccccc2C(F)(F)F)C3)C[C@@H]1C. The zero-order valence-electron chi connectivity index (χ0n) is 24.3. The Labute approximate surface area is 245 Å². The summed E-state index contributed by atoms with van der Waals surface area (Å²) < 4.78 is 47.9. The van der Waals surface area contributed by atoms with Crippen LogP contribution in [0, 0.1) is 11.3 Å². The average Bonchev–Trinajstić information content (AvgIpc) is 3.38. The van der Waals surface area contributed by atoms with Crippen molar-refractivity contribution in [3.05, 3.63) is 59.3 Å². The molecule has 2 saturated heterocycles. The zero-order valence-corrected chi connectivity index (χ0v) is 24.3. The number of fused-ring (bicyclic) bond motifs is 1. The third kappa shape index (κ3) is 5.64. The molecule has 2 aromatic rings. The highest BCUT2D eigenvalue weighted by Crippen LogP contribution is 2.41. The van der Waals surface area contributed by atoms with Crippen LogP contribution in [0.3, 0.4) is 0 Å². The number of para-hydroxylation sites is 1. The van der Waals surface area contributed by atoms with Crippen LogP contribution in [-0.4, -0.2) is 78.7 Å². The molecule has 0 spiro atoms. The number of nitriles is 1. The van der Waals surface area contributed by atoms with E-state index in [1.165, 1.54) is 18.2 Å². The van der Waals surface area contributed by atoms with E-state index in [9.17, 15) is 23.2 Å². The summed E-state index contributed by atoms with van der Waals surface area (Å²) in [4.78, 5) is 25.2. The van der Waals surface area contributed by atoms with E-state index in [1.54, 1.807) is 15.9 Å². The monoisotopic (exact) mass is 582 g/mol. The number of likely N-dealkylation sites (N-methyl/N-ethyl adjacent to an activating group) is 1. The number of nitrogens with zero attached hydrogens (tertiary/aromatic N) is 6. The maximum atomic E-state index is 13.9. The number of alkyl halides is 3. The summed E-state index contributed by atoms with van der Waals surface area (Å²) in [6.07, 6.45) is -0.714. The van der Waals surface area contributed by atoms with Gasteiger partial charge in [-0.25, -0.2) is 4.98 Å². The quantitative estimate of drug-likeness (QED) is 0.460. The number of likely N-dealkylation sites (tertiary alicyclic amines) is 1. The molecule has 4 heterocycles. The average molecular weight is 583 g/mol. The number of halogens is 3. The molecule has 0 bridgehead atoms. The molecule has 42 heavy (non-hydrogen) atoms. The minimum atomic E-state index is -4.49. The molecular formula is C31H37F3N6O2. The summed E-state index contributed by atoms with van der Waals surface area (Å²) in [6.45, 7) is 10.4. The van der Waals surface area contributed by atoms with E-state index in [1.807, 2.05) is 20.9 Å². The van der Waals surface area contributed by atoms with Gasteiger partial charge in [0.2, 0.25) is 11.8 Å². The van der Waals surface area contributed by atoms with E-state index < -0.39 is 11.7 Å². The summed E-state index contributed by atoms with van der Waals surface area (Å²) in [5.41, 5.74) is 1.92. The molecule has 0 saturated carbocycles. The number of hydrogen-bond acceptors (Lipinski definition) is 7. The van der Waals surface area contributed by atoms with Crippen LogP contribution < -0.4 is 14.5 Å². The van der Waals surface area contributed by atoms with Gasteiger partial charge in [0.15, 0.2) is 0 Å². The van der Waals surface area contributed by atoms with Gasteiger partial charge in [0.05, 0.1) is 23.5 Å². The Hall–Kier alpha value is -3.78. The molecule has 3 aliphatic rings. The van der Waals surface area contributed by atoms with Crippen LogP contribution in [0.25, 0.3) is 0 Å². The summed E-state index contributed by atoms with van der Waals surface area (Å²) in [7, 11) is 2.04. The minimum absolute atomic E-state index is 0.109. The van der Waals surface area contributed by atoms with Gasteiger partial charge in [-0.2, -0.15) is 18.4 Å². The van der Waals surface area contributed by atoms with Crippen molar-refractivity contribution in [3.63, 3.8) is 0 Å². The number of anilines is 2. The standard InChI is InChI=1S/C31H37F3N6O2/c1-5-28(41)40-20(2)16-39(17-21(40)3)29-23-12-14-38(27-11-7-6-10-25(27)31(32,33)34)18-26(23)36-30(24(29)15-35)42-19-22-9-8-13-37(22)4/h5-7,10-11,20-22H,1,8-9,12-14,16-19H2,2-4H3/t20-,21+,22?. The Morgan fingerprint density at radius 1 is 1.19 bits per heavy atom. The van der Waals surface area contributed by atoms with Gasteiger partial charge < -0.3 is 24.3 Å². The van der Waals surface area contributed by atoms with Crippen molar-refractivity contribution in [2.24, 2.45) is 0 Å². The zero-order chi connectivity index (χ0) is 30.2. The third-order valence-corrected chi connectivity index (χ3v) is 8.70. The van der Waals surface area contributed by atoms with Crippen molar-refractivity contribution in [3.8, 4) is 11.9 Å². The predicted molar refractivity (Wildman–Crippen MR) is 154 cm³/mol. The van der Waals surface area contributed by atoms with Crippen molar-refractivity contribution < 1.29 is 22.7 Å². The molecule has 11 heteroatoms. The molecule has 3 atom stereocenters. The van der Waals surface area contributed by atoms with Crippen molar-refractivity contribution in [2.75, 3.05) is 49.6 Å². The van der Waals surface area contributed by atoms with Gasteiger partial charge in [-0.3, -0.25) is 4.79 Å². The van der Waals surface area contributed by atoms with Crippen molar-refractivity contribution in [1.82, 2.24) is 14.8 Å². The van der Waals surface area contributed by atoms with Crippen LogP contribution in [0.15, 0.2) is 36.9 Å². The molecule has 0 radical (unpaired) electrons. The van der Waals surface area contributed by atoms with E-state index in [4.69, 9.17) is 9.72 Å². The largest absolute Gasteiger partial charge is 0.475 e. The van der Waals surface area contributed by atoms with Crippen LogP contribution in [0.4, 0.5) is 24.5 Å². The number of piperazine rings is 1. The fourth-order valence-electron chi connectivity index (χ4n) is 6.69. The summed E-state index contributed by atoms with van der Waals surface area (Å²) in [5, 5.41) is 10.4. The summed E-state index contributed by atoms with van der Waals surface area (Å²) >= 11 is 0. The molecule has 0 N–H and O–H groups in total. The highest BCUT2D eigenvalue weighted by atomic mass is 19.4. The second kappa shape index (κ2) is 11.8. The molecule has 5 rings (SSSR count). The van der Waals surface area contributed by atoms with Gasteiger partial charge in [-0.1, -0.05) is 18.7 Å². The normalized spacial score (nSPS) is 23.0. The number of hydrogen-bond donors (Lipinski definition) is 0. The van der Waals surface area contributed by atoms with Gasteiger partial charge in [0, 0.05) is 49.0 Å². The Kier molecular flexibility index (Phi) is 8.37. The van der Waals surface area contributed by atoms with E-state index in [-0.39, 0.29) is 42.1 Å². The van der Waals surface area contributed by atoms with E-state index in [2.05, 4.69) is 22.4 Å². The van der Waals surface area contributed by atoms with Gasteiger partial charge >= 0.3 is 6.18 Å². The Bertz CT molecular complexity index is 1380. The fraction of sp³-hybridized carbons (Fsp3) is 0.516. The molecule has 2 fully saturated rings. The highest BCUT2D eigenvalue weighted by molar-refractivity contribution is 5.88. The summed E-state index contributed by atoms with van der Waals surface area (Å²) in [6, 6.07) is 7.83. The number of ether oxygens (including phenoxy) is 1. The molecule has 0 aliphatic carbocycles. The lowest BCUT2D eigenvalue weighted by atomic mass is 9.96. The van der Waals surface area contributed by atoms with Crippen LogP contribution in [0.5, 0.6) is 5.88 Å². The fourth-order valence-corrected chi connectivity index (χ4v) is 6.69. The molecule has 224 valence electrons. The lowest BCUT2D eigenvalue weighted by molar-refractivity contribution is -0.137. The number of pyridine rings is 1. The third-order valence-electron chi connectivity index (χ3n) is 8.70. The number of aromatic nitrogens is 1. The molecule has 1 unspecified atom stereocenters. The number of amides is 1. The molecule has 3 aliphatic heterocycles. The van der Waals surface area contributed by atoms with E-state index >= 15 is 0 Å². The van der Waals surface area contributed by atoms with Gasteiger partial charge in [-0.05, 0) is 64.9 Å². The highest BCUT2D eigenvalue weighted by Gasteiger charge is 2.38. The van der Waals surface area contributed by atoms with Crippen LogP contribution >= 0.6 is 0 Å². The maximum absolute atomic E-state index is 13.9. The summed E-state index contributed by atoms with van der Waals surface area (Å²) in [5.74, 6) is 0.0676.